The molecule has 0 aromatic carbocycles. The second-order valence-electron chi connectivity index (χ2n) is 3.34. The molecule has 0 aliphatic carbocycles. The molecular formula is C10H16F3N. The van der Waals surface area contributed by atoms with E-state index in [1.807, 2.05) is 6.92 Å². The monoisotopic (exact) mass is 207 g/mol. The van der Waals surface area contributed by atoms with Crippen LogP contribution in [0.5, 0.6) is 0 Å². The zero-order chi connectivity index (χ0) is 11.2. The minimum absolute atomic E-state index is 0.0581. The van der Waals surface area contributed by atoms with Crippen molar-refractivity contribution >= 4 is 6.21 Å². The molecule has 0 saturated carbocycles. The van der Waals surface area contributed by atoms with E-state index < -0.39 is 11.7 Å². The van der Waals surface area contributed by atoms with E-state index in [1.54, 1.807) is 0 Å². The molecule has 0 rings (SSSR count). The van der Waals surface area contributed by atoms with E-state index >= 15 is 0 Å². The Kier molecular flexibility index (Phi) is 5.50. The zero-order valence-electron chi connectivity index (χ0n) is 8.49. The van der Waals surface area contributed by atoms with Crippen LogP contribution in [0.25, 0.3) is 0 Å². The summed E-state index contributed by atoms with van der Waals surface area (Å²) in [5.74, 6) is -0.0581. The Bertz CT molecular complexity index is 206. The Morgan fingerprint density at radius 2 is 2.00 bits per heavy atom. The summed E-state index contributed by atoms with van der Waals surface area (Å²) in [4.78, 5) is 0. The molecular weight excluding hydrogens is 191 g/mol. The Hall–Kier alpha value is -0.800. The normalized spacial score (nSPS) is 15.4. The van der Waals surface area contributed by atoms with Gasteiger partial charge in [-0.25, -0.2) is 0 Å². The van der Waals surface area contributed by atoms with Crippen LogP contribution < -0.4 is 0 Å². The molecule has 0 aromatic heterocycles. The van der Waals surface area contributed by atoms with Crippen molar-refractivity contribution in [3.63, 3.8) is 0 Å². The fourth-order valence-corrected chi connectivity index (χ4v) is 1.08. The number of nitrogens with one attached hydrogen (secondary N) is 1. The second kappa shape index (κ2) is 5.83. The summed E-state index contributed by atoms with van der Waals surface area (Å²) >= 11 is 0. The van der Waals surface area contributed by atoms with Gasteiger partial charge in [-0.2, -0.15) is 13.2 Å². The maximum Gasteiger partial charge on any atom is 0.412 e. The molecule has 4 heteroatoms. The Morgan fingerprint density at radius 3 is 2.36 bits per heavy atom. The lowest BCUT2D eigenvalue weighted by Crippen LogP contribution is -2.09. The van der Waals surface area contributed by atoms with Crippen molar-refractivity contribution in [1.82, 2.24) is 0 Å². The molecule has 82 valence electrons. The van der Waals surface area contributed by atoms with E-state index in [0.717, 1.165) is 19.8 Å². The van der Waals surface area contributed by atoms with Crippen LogP contribution in [0.3, 0.4) is 0 Å². The van der Waals surface area contributed by atoms with Crippen molar-refractivity contribution in [1.29, 1.82) is 5.41 Å². The SMILES string of the molecule is CCCC(C=N)C/C=C(\C)C(F)(F)F. The van der Waals surface area contributed by atoms with Gasteiger partial charge in [-0.15, -0.1) is 0 Å². The van der Waals surface area contributed by atoms with E-state index in [0.29, 0.717) is 6.42 Å². The van der Waals surface area contributed by atoms with Crippen molar-refractivity contribution in [3.05, 3.63) is 11.6 Å². The van der Waals surface area contributed by atoms with Gasteiger partial charge in [0.25, 0.3) is 0 Å². The van der Waals surface area contributed by atoms with Crippen molar-refractivity contribution in [2.45, 2.75) is 39.3 Å². The lowest BCUT2D eigenvalue weighted by molar-refractivity contribution is -0.0916. The summed E-state index contributed by atoms with van der Waals surface area (Å²) < 4.78 is 36.2. The molecule has 1 N–H and O–H groups in total. The van der Waals surface area contributed by atoms with Gasteiger partial charge in [0.15, 0.2) is 0 Å². The minimum atomic E-state index is -4.22. The lowest BCUT2D eigenvalue weighted by atomic mass is 10.00. The highest BCUT2D eigenvalue weighted by atomic mass is 19.4. The van der Waals surface area contributed by atoms with Gasteiger partial charge in [-0.3, -0.25) is 0 Å². The molecule has 0 saturated heterocycles. The second-order valence-corrected chi connectivity index (χ2v) is 3.34. The number of allylic oxidation sites excluding steroid dienone is 2. The van der Waals surface area contributed by atoms with Gasteiger partial charge in [0.1, 0.15) is 0 Å². The van der Waals surface area contributed by atoms with Crippen LogP contribution in [0.2, 0.25) is 0 Å². The topological polar surface area (TPSA) is 23.9 Å². The van der Waals surface area contributed by atoms with E-state index in [9.17, 15) is 13.2 Å². The smallest absolute Gasteiger partial charge is 0.313 e. The highest BCUT2D eigenvalue weighted by Gasteiger charge is 2.29. The van der Waals surface area contributed by atoms with E-state index in [2.05, 4.69) is 0 Å². The van der Waals surface area contributed by atoms with Crippen LogP contribution in [0.4, 0.5) is 13.2 Å². The Morgan fingerprint density at radius 1 is 1.43 bits per heavy atom. The van der Waals surface area contributed by atoms with Gasteiger partial charge in [-0.05, 0) is 31.9 Å². The standard InChI is InChI=1S/C10H16F3N/c1-3-4-9(7-14)6-5-8(2)10(11,12)13/h5,7,9,14H,3-4,6H2,1-2H3/b8-5+,14-7?. The first-order chi connectivity index (χ1) is 6.41. The average molecular weight is 207 g/mol. The quantitative estimate of drug-likeness (QED) is 0.521. The first-order valence-electron chi connectivity index (χ1n) is 4.66. The van der Waals surface area contributed by atoms with Crippen molar-refractivity contribution < 1.29 is 13.2 Å². The predicted molar refractivity (Wildman–Crippen MR) is 51.6 cm³/mol. The molecule has 0 amide bonds. The highest BCUT2D eigenvalue weighted by Crippen LogP contribution is 2.26. The molecule has 1 unspecified atom stereocenters. The first kappa shape index (κ1) is 13.2. The fourth-order valence-electron chi connectivity index (χ4n) is 1.08. The fraction of sp³-hybridized carbons (Fsp3) is 0.700. The number of hydrogen-bond donors (Lipinski definition) is 1. The van der Waals surface area contributed by atoms with Crippen molar-refractivity contribution in [2.24, 2.45) is 5.92 Å². The summed E-state index contributed by atoms with van der Waals surface area (Å²) in [6.07, 6.45) is 0.139. The predicted octanol–water partition coefficient (Wildman–Crippen LogP) is 3.95. The highest BCUT2D eigenvalue weighted by molar-refractivity contribution is 5.57. The van der Waals surface area contributed by atoms with E-state index in [4.69, 9.17) is 5.41 Å². The van der Waals surface area contributed by atoms with Crippen LogP contribution in [0, 0.1) is 11.3 Å². The Balaban J connectivity index is 4.18. The number of alkyl halides is 3. The van der Waals surface area contributed by atoms with Crippen LogP contribution in [-0.4, -0.2) is 12.4 Å². The third-order valence-electron chi connectivity index (χ3n) is 2.07. The minimum Gasteiger partial charge on any atom is -0.313 e. The lowest BCUT2D eigenvalue weighted by Gasteiger charge is -2.09. The average Bonchev–Trinajstić information content (AvgIpc) is 2.10. The molecule has 1 nitrogen and oxygen atoms in total. The van der Waals surface area contributed by atoms with Gasteiger partial charge >= 0.3 is 6.18 Å². The van der Waals surface area contributed by atoms with Crippen LogP contribution in [0.1, 0.15) is 33.1 Å². The Labute approximate surface area is 82.5 Å². The third-order valence-corrected chi connectivity index (χ3v) is 2.07. The maximum atomic E-state index is 12.1. The molecule has 0 bridgehead atoms. The van der Waals surface area contributed by atoms with Gasteiger partial charge < -0.3 is 5.41 Å². The van der Waals surface area contributed by atoms with Crippen LogP contribution in [0.15, 0.2) is 11.6 Å². The largest absolute Gasteiger partial charge is 0.412 e. The van der Waals surface area contributed by atoms with Crippen molar-refractivity contribution in [2.75, 3.05) is 0 Å². The van der Waals surface area contributed by atoms with Gasteiger partial charge in [0, 0.05) is 5.57 Å². The molecule has 0 aliphatic rings. The molecule has 0 fully saturated rings. The van der Waals surface area contributed by atoms with Crippen LogP contribution >= 0.6 is 0 Å². The van der Waals surface area contributed by atoms with Crippen molar-refractivity contribution in [3.8, 4) is 0 Å². The summed E-state index contributed by atoms with van der Waals surface area (Å²) in [6.45, 7) is 3.02. The summed E-state index contributed by atoms with van der Waals surface area (Å²) in [5, 5.41) is 7.03. The summed E-state index contributed by atoms with van der Waals surface area (Å²) in [7, 11) is 0. The van der Waals surface area contributed by atoms with Gasteiger partial charge in [0.2, 0.25) is 0 Å². The van der Waals surface area contributed by atoms with Gasteiger partial charge in [-0.1, -0.05) is 19.4 Å². The molecule has 0 aliphatic heterocycles. The molecule has 0 heterocycles. The van der Waals surface area contributed by atoms with E-state index in [-0.39, 0.29) is 5.92 Å². The molecule has 0 spiro atoms. The van der Waals surface area contributed by atoms with Gasteiger partial charge in [0.05, 0.1) is 0 Å². The number of rotatable bonds is 5. The van der Waals surface area contributed by atoms with E-state index in [1.165, 1.54) is 12.3 Å². The molecule has 0 aromatic rings. The molecule has 0 radical (unpaired) electrons. The number of halogens is 3. The zero-order valence-corrected chi connectivity index (χ0v) is 8.49. The van der Waals surface area contributed by atoms with Crippen LogP contribution in [-0.2, 0) is 0 Å². The maximum absolute atomic E-state index is 12.1. The number of hydrogen-bond acceptors (Lipinski definition) is 1. The summed E-state index contributed by atoms with van der Waals surface area (Å²) in [5.41, 5.74) is -0.569. The third kappa shape index (κ3) is 5.04. The molecule has 1 atom stereocenters. The summed E-state index contributed by atoms with van der Waals surface area (Å²) in [6, 6.07) is 0. The first-order valence-corrected chi connectivity index (χ1v) is 4.66. The molecule has 14 heavy (non-hydrogen) atoms.